The maximum Gasteiger partial charge on any atom is 0.408 e. The molecule has 1 amide bonds. The minimum Gasteiger partial charge on any atom is -0.479 e. The molecule has 1 atom stereocenters. The number of anilines is 1. The van der Waals surface area contributed by atoms with E-state index in [4.69, 9.17) is 10.5 Å². The number of hydrogen-bond donors (Lipinski definition) is 4. The van der Waals surface area contributed by atoms with Crippen molar-refractivity contribution in [2.24, 2.45) is 5.73 Å². The fraction of sp³-hybridized carbons (Fsp3) is 0.529. The van der Waals surface area contributed by atoms with Gasteiger partial charge in [-0.1, -0.05) is 19.1 Å². The molecule has 5 N–H and O–H groups in total. The van der Waals surface area contributed by atoms with Crippen molar-refractivity contribution < 1.29 is 27.9 Å². The maximum absolute atomic E-state index is 12.1. The number of carbonyl (C=O) groups excluding carboxylic acids is 1. The van der Waals surface area contributed by atoms with E-state index in [0.717, 1.165) is 0 Å². The maximum atomic E-state index is 12.1. The molecule has 1 rings (SSSR count). The molecular weight excluding hydrogens is 374 g/mol. The van der Waals surface area contributed by atoms with Crippen LogP contribution in [0.5, 0.6) is 0 Å². The van der Waals surface area contributed by atoms with E-state index >= 15 is 0 Å². The van der Waals surface area contributed by atoms with Gasteiger partial charge in [0.1, 0.15) is 17.0 Å². The van der Waals surface area contributed by atoms with Crippen LogP contribution >= 0.6 is 0 Å². The van der Waals surface area contributed by atoms with Crippen molar-refractivity contribution in [2.45, 2.75) is 51.7 Å². The molecule has 0 heterocycles. The fourth-order valence-corrected chi connectivity index (χ4v) is 2.88. The van der Waals surface area contributed by atoms with Crippen molar-refractivity contribution in [1.29, 1.82) is 0 Å². The molecule has 0 unspecified atom stereocenters. The van der Waals surface area contributed by atoms with E-state index in [1.807, 2.05) is 0 Å². The first-order valence-corrected chi connectivity index (χ1v) is 10.0. The predicted octanol–water partition coefficient (Wildman–Crippen LogP) is 1.65. The summed E-state index contributed by atoms with van der Waals surface area (Å²) in [4.78, 5) is 24.0. The molecule has 0 spiro atoms. The van der Waals surface area contributed by atoms with Crippen LogP contribution in [-0.4, -0.2) is 42.6 Å². The fourth-order valence-electron chi connectivity index (χ4n) is 2.30. The third-order valence-electron chi connectivity index (χ3n) is 3.71. The highest BCUT2D eigenvalue weighted by molar-refractivity contribution is 7.92. The first kappa shape index (κ1) is 22.7. The molecule has 0 aliphatic carbocycles. The van der Waals surface area contributed by atoms with Gasteiger partial charge in [-0.05, 0) is 44.9 Å². The number of carboxylic acids is 1. The van der Waals surface area contributed by atoms with E-state index < -0.39 is 39.1 Å². The molecule has 0 radical (unpaired) electrons. The smallest absolute Gasteiger partial charge is 0.408 e. The second-order valence-corrected chi connectivity index (χ2v) is 8.89. The molecule has 10 heteroatoms. The van der Waals surface area contributed by atoms with Gasteiger partial charge in [-0.3, -0.25) is 4.72 Å². The number of alkyl carbamates (subject to hydrolysis) is 1. The van der Waals surface area contributed by atoms with Crippen LogP contribution in [0.1, 0.15) is 39.7 Å². The Balaban J connectivity index is 3.00. The Hall–Kier alpha value is -2.33. The Labute approximate surface area is 159 Å². The first-order chi connectivity index (χ1) is 12.3. The molecule has 9 nitrogen and oxygen atoms in total. The zero-order valence-corrected chi connectivity index (χ0v) is 16.7. The van der Waals surface area contributed by atoms with E-state index in [2.05, 4.69) is 10.0 Å². The van der Waals surface area contributed by atoms with Crippen molar-refractivity contribution in [3.8, 4) is 0 Å². The van der Waals surface area contributed by atoms with Gasteiger partial charge in [0.2, 0.25) is 10.0 Å². The minimum atomic E-state index is -3.61. The summed E-state index contributed by atoms with van der Waals surface area (Å²) in [5, 5.41) is 12.2. The number of carbonyl (C=O) groups is 2. The van der Waals surface area contributed by atoms with E-state index in [9.17, 15) is 23.1 Å². The van der Waals surface area contributed by atoms with Crippen LogP contribution in [0.4, 0.5) is 10.5 Å². The average molecular weight is 401 g/mol. The van der Waals surface area contributed by atoms with E-state index in [0.29, 0.717) is 11.3 Å². The summed E-state index contributed by atoms with van der Waals surface area (Å²) in [7, 11) is -3.61. The SMILES string of the molecule is CC[C@@](Cc1ccc(NS(=O)(=O)CN)cc1)(NC(=O)OC(C)(C)C)C(=O)O. The van der Waals surface area contributed by atoms with Gasteiger partial charge in [0.05, 0.1) is 0 Å². The lowest BCUT2D eigenvalue weighted by molar-refractivity contribution is -0.145. The van der Waals surface area contributed by atoms with Crippen molar-refractivity contribution >= 4 is 27.8 Å². The Morgan fingerprint density at radius 2 is 1.74 bits per heavy atom. The Bertz CT molecular complexity index is 771. The molecule has 0 saturated carbocycles. The third kappa shape index (κ3) is 7.06. The van der Waals surface area contributed by atoms with Crippen LogP contribution in [-0.2, 0) is 26.0 Å². The number of hydrogen-bond acceptors (Lipinski definition) is 6. The number of nitrogens with one attached hydrogen (secondary N) is 2. The summed E-state index contributed by atoms with van der Waals surface area (Å²) in [6.45, 7) is 6.70. The van der Waals surface area contributed by atoms with Crippen molar-refractivity contribution in [2.75, 3.05) is 10.6 Å². The highest BCUT2D eigenvalue weighted by Crippen LogP contribution is 2.21. The number of amides is 1. The summed E-state index contributed by atoms with van der Waals surface area (Å²) in [6.07, 6.45) is -0.690. The molecule has 0 aromatic heterocycles. The predicted molar refractivity (Wildman–Crippen MR) is 102 cm³/mol. The standard InChI is InChI=1S/C17H27N3O6S/c1-5-17(14(21)22,19-15(23)26-16(2,3)4)10-12-6-8-13(9-7-12)20-27(24,25)11-18/h6-9,20H,5,10-11,18H2,1-4H3,(H,19,23)(H,21,22)/t17-/m0/s1. The minimum absolute atomic E-state index is 0.00198. The van der Waals surface area contributed by atoms with Gasteiger partial charge < -0.3 is 20.9 Å². The molecule has 1 aromatic rings. The van der Waals surface area contributed by atoms with Crippen LogP contribution in [0.3, 0.4) is 0 Å². The monoisotopic (exact) mass is 401 g/mol. The number of rotatable bonds is 8. The number of benzene rings is 1. The second kappa shape index (κ2) is 8.57. The second-order valence-electron chi connectivity index (χ2n) is 7.12. The highest BCUT2D eigenvalue weighted by Gasteiger charge is 2.39. The Kier molecular flexibility index (Phi) is 7.21. The summed E-state index contributed by atoms with van der Waals surface area (Å²) < 4.78 is 30.4. The number of carboxylic acid groups (broad SMARTS) is 1. The van der Waals surface area contributed by atoms with Gasteiger partial charge >= 0.3 is 12.1 Å². The van der Waals surface area contributed by atoms with Crippen LogP contribution in [0.25, 0.3) is 0 Å². The summed E-state index contributed by atoms with van der Waals surface area (Å²) in [5.41, 5.74) is 3.74. The Morgan fingerprint density at radius 1 is 1.19 bits per heavy atom. The molecule has 1 aromatic carbocycles. The van der Waals surface area contributed by atoms with Crippen molar-refractivity contribution in [3.63, 3.8) is 0 Å². The quantitative estimate of drug-likeness (QED) is 0.517. The normalized spacial score (nSPS) is 14.1. The van der Waals surface area contributed by atoms with Gasteiger partial charge in [0.15, 0.2) is 0 Å². The van der Waals surface area contributed by atoms with Gasteiger partial charge in [-0.15, -0.1) is 0 Å². The molecular formula is C17H27N3O6S. The third-order valence-corrected chi connectivity index (χ3v) is 4.69. The van der Waals surface area contributed by atoms with Crippen molar-refractivity contribution in [1.82, 2.24) is 5.32 Å². The molecule has 0 aliphatic rings. The molecule has 27 heavy (non-hydrogen) atoms. The van der Waals surface area contributed by atoms with E-state index in [-0.39, 0.29) is 12.8 Å². The lowest BCUT2D eigenvalue weighted by Gasteiger charge is -2.31. The number of ether oxygens (including phenoxy) is 1. The van der Waals surface area contributed by atoms with Crippen LogP contribution < -0.4 is 15.8 Å². The number of nitrogens with two attached hydrogens (primary N) is 1. The topological polar surface area (TPSA) is 148 Å². The van der Waals surface area contributed by atoms with E-state index in [1.165, 1.54) is 12.1 Å². The number of aliphatic carboxylic acids is 1. The molecule has 0 aliphatic heterocycles. The lowest BCUT2D eigenvalue weighted by Crippen LogP contribution is -2.56. The van der Waals surface area contributed by atoms with Crippen LogP contribution in [0.15, 0.2) is 24.3 Å². The average Bonchev–Trinajstić information content (AvgIpc) is 2.53. The molecule has 152 valence electrons. The van der Waals surface area contributed by atoms with Gasteiger partial charge in [0.25, 0.3) is 0 Å². The lowest BCUT2D eigenvalue weighted by atomic mass is 9.88. The summed E-state index contributed by atoms with van der Waals surface area (Å²) >= 11 is 0. The largest absolute Gasteiger partial charge is 0.479 e. The molecule has 0 bridgehead atoms. The molecule has 0 saturated heterocycles. The van der Waals surface area contributed by atoms with Gasteiger partial charge in [0, 0.05) is 12.1 Å². The summed E-state index contributed by atoms with van der Waals surface area (Å²) in [6, 6.07) is 6.16. The Morgan fingerprint density at radius 3 is 2.15 bits per heavy atom. The number of sulfonamides is 1. The van der Waals surface area contributed by atoms with Crippen molar-refractivity contribution in [3.05, 3.63) is 29.8 Å². The van der Waals surface area contributed by atoms with Gasteiger partial charge in [-0.25, -0.2) is 18.0 Å². The summed E-state index contributed by atoms with van der Waals surface area (Å²) in [5.74, 6) is -1.74. The first-order valence-electron chi connectivity index (χ1n) is 8.36. The zero-order valence-electron chi connectivity index (χ0n) is 15.9. The van der Waals surface area contributed by atoms with Crippen LogP contribution in [0, 0.1) is 0 Å². The van der Waals surface area contributed by atoms with E-state index in [1.54, 1.807) is 39.8 Å². The molecule has 0 fully saturated rings. The zero-order chi connectivity index (χ0) is 20.9. The van der Waals surface area contributed by atoms with Crippen LogP contribution in [0.2, 0.25) is 0 Å². The highest BCUT2D eigenvalue weighted by atomic mass is 32.2. The van der Waals surface area contributed by atoms with Gasteiger partial charge in [-0.2, -0.15) is 0 Å².